The van der Waals surface area contributed by atoms with Crippen molar-refractivity contribution in [2.24, 2.45) is 23.7 Å². The minimum Gasteiger partial charge on any atom is -0.469 e. The Labute approximate surface area is 365 Å². The molecule has 4 atom stereocenters. The van der Waals surface area contributed by atoms with Crippen LogP contribution in [0.25, 0.3) is 0 Å². The van der Waals surface area contributed by atoms with Gasteiger partial charge < -0.3 is 38.5 Å². The van der Waals surface area contributed by atoms with Gasteiger partial charge >= 0.3 is 23.9 Å². The van der Waals surface area contributed by atoms with Gasteiger partial charge in [-0.05, 0) is 46.5 Å². The molecule has 0 bridgehead atoms. The fraction of sp³-hybridized carbons (Fsp3) is 0.814. The second-order valence-electron chi connectivity index (χ2n) is 15.6. The van der Waals surface area contributed by atoms with Crippen LogP contribution >= 0.6 is 13.5 Å². The first-order valence-electron chi connectivity index (χ1n) is 21.7. The van der Waals surface area contributed by atoms with Crippen molar-refractivity contribution >= 4 is 61.0 Å². The first-order valence-corrected chi connectivity index (χ1v) is 21.7. The van der Waals surface area contributed by atoms with Crippen molar-refractivity contribution in [1.29, 1.82) is 0 Å². The van der Waals surface area contributed by atoms with Gasteiger partial charge in [0, 0.05) is 77.5 Å². The van der Waals surface area contributed by atoms with E-state index in [0.29, 0.717) is 65.1 Å². The molecule has 4 heterocycles. The largest absolute Gasteiger partial charge is 0.469 e. The normalized spacial score (nSPS) is 20.7. The lowest BCUT2D eigenvalue weighted by Crippen LogP contribution is -2.33. The summed E-state index contributed by atoms with van der Waals surface area (Å²) in [7, 11) is 2.73. The van der Waals surface area contributed by atoms with Gasteiger partial charge in [-0.15, -0.1) is 0 Å². The van der Waals surface area contributed by atoms with Crippen LogP contribution in [0.1, 0.15) is 126 Å². The molecule has 60 heavy (non-hydrogen) atoms. The van der Waals surface area contributed by atoms with Crippen molar-refractivity contribution in [3.63, 3.8) is 0 Å². The Hall–Kier alpha value is -3.89. The standard InChI is InChI=1S/C12H21NO3.C11H19NO3.2C10H17NO3.H2S/c1-4-5-6-16-12(15)10-7-11(14)13(8-10)9(2)3;1-3-5-6-12-8-9(7-10(12)13)11(14)15-4-2;2*1-3-4-5-11-7-8(6-9(11)12)10(13)14-2;/h9-10H,4-8H2,1-3H3;9H,3-8H2,1-2H3;2*8H,3-7H2,1-2H3;1H2/t;;8-;;/m..0../s1. The number of methoxy groups -OCH3 is 2. The summed E-state index contributed by atoms with van der Waals surface area (Å²) < 4.78 is 19.3. The number of hydrogen-bond acceptors (Lipinski definition) is 12. The van der Waals surface area contributed by atoms with E-state index in [1.807, 2.05) is 20.8 Å². The predicted molar refractivity (Wildman–Crippen MR) is 231 cm³/mol. The fourth-order valence-electron chi connectivity index (χ4n) is 6.90. The number of rotatable bonds is 18. The van der Waals surface area contributed by atoms with E-state index in [2.05, 4.69) is 30.2 Å². The second-order valence-corrected chi connectivity index (χ2v) is 15.6. The zero-order valence-electron chi connectivity index (χ0n) is 37.9. The van der Waals surface area contributed by atoms with Crippen LogP contribution in [0.15, 0.2) is 0 Å². The average molecular weight is 873 g/mol. The van der Waals surface area contributed by atoms with Crippen molar-refractivity contribution in [1.82, 2.24) is 19.6 Å². The van der Waals surface area contributed by atoms with Crippen molar-refractivity contribution in [3.8, 4) is 0 Å². The smallest absolute Gasteiger partial charge is 0.311 e. The molecule has 4 fully saturated rings. The summed E-state index contributed by atoms with van der Waals surface area (Å²) >= 11 is 0. The number of carbonyl (C=O) groups excluding carboxylic acids is 8. The molecule has 0 radical (unpaired) electrons. The van der Waals surface area contributed by atoms with Crippen LogP contribution in [-0.4, -0.2) is 146 Å². The zero-order chi connectivity index (χ0) is 44.5. The number of unbranched alkanes of at least 4 members (excludes halogenated alkanes) is 4. The molecule has 0 aliphatic carbocycles. The van der Waals surface area contributed by atoms with E-state index in [1.54, 1.807) is 26.5 Å². The molecule has 0 aromatic rings. The highest BCUT2D eigenvalue weighted by Crippen LogP contribution is 2.23. The molecule has 3 unspecified atom stereocenters. The monoisotopic (exact) mass is 873 g/mol. The van der Waals surface area contributed by atoms with Crippen molar-refractivity contribution in [2.45, 2.75) is 132 Å². The van der Waals surface area contributed by atoms with E-state index in [1.165, 1.54) is 14.2 Å². The molecular formula is C43H76N4O12S. The third-order valence-corrected chi connectivity index (χ3v) is 10.5. The molecule has 4 amide bonds. The Kier molecular flexibility index (Phi) is 29.0. The lowest BCUT2D eigenvalue weighted by molar-refractivity contribution is -0.149. The van der Waals surface area contributed by atoms with Crippen LogP contribution in [-0.2, 0) is 57.3 Å². The van der Waals surface area contributed by atoms with Crippen molar-refractivity contribution in [3.05, 3.63) is 0 Å². The van der Waals surface area contributed by atoms with Crippen LogP contribution in [0.5, 0.6) is 0 Å². The molecule has 17 heteroatoms. The van der Waals surface area contributed by atoms with E-state index in [9.17, 15) is 38.4 Å². The fourth-order valence-corrected chi connectivity index (χ4v) is 6.90. The summed E-state index contributed by atoms with van der Waals surface area (Å²) in [4.78, 5) is 98.4. The Morgan fingerprint density at radius 3 is 1.17 bits per heavy atom. The first-order chi connectivity index (χ1) is 28.1. The predicted octanol–water partition coefficient (Wildman–Crippen LogP) is 4.51. The highest BCUT2D eigenvalue weighted by atomic mass is 32.1. The summed E-state index contributed by atoms with van der Waals surface area (Å²) in [5.74, 6) is -1.67. The highest BCUT2D eigenvalue weighted by Gasteiger charge is 2.38. The summed E-state index contributed by atoms with van der Waals surface area (Å²) in [6.45, 7) is 19.3. The van der Waals surface area contributed by atoms with Gasteiger partial charge in [0.05, 0.1) is 51.1 Å². The first kappa shape index (κ1) is 56.1. The average Bonchev–Trinajstić information content (AvgIpc) is 4.00. The van der Waals surface area contributed by atoms with E-state index in [4.69, 9.17) is 9.47 Å². The van der Waals surface area contributed by atoms with Gasteiger partial charge in [0.15, 0.2) is 0 Å². The van der Waals surface area contributed by atoms with E-state index < -0.39 is 0 Å². The molecule has 16 nitrogen and oxygen atoms in total. The van der Waals surface area contributed by atoms with Crippen LogP contribution in [0.4, 0.5) is 0 Å². The molecule has 4 rings (SSSR count). The quantitative estimate of drug-likeness (QED) is 0.107. The molecule has 4 saturated heterocycles. The van der Waals surface area contributed by atoms with Gasteiger partial charge in [0.1, 0.15) is 0 Å². The number of likely N-dealkylation sites (tertiary alicyclic amines) is 4. The molecule has 0 N–H and O–H groups in total. The molecule has 346 valence electrons. The van der Waals surface area contributed by atoms with Gasteiger partial charge in [0.2, 0.25) is 23.6 Å². The van der Waals surface area contributed by atoms with Gasteiger partial charge in [-0.1, -0.05) is 53.4 Å². The minimum atomic E-state index is -0.266. The molecule has 0 aromatic heterocycles. The molecule has 0 spiro atoms. The maximum absolute atomic E-state index is 11.6. The third kappa shape index (κ3) is 19.7. The number of ether oxygens (including phenoxy) is 4. The number of nitrogens with zero attached hydrogens (tertiary/aromatic N) is 4. The van der Waals surface area contributed by atoms with E-state index in [-0.39, 0.29) is 90.7 Å². The molecule has 0 aromatic carbocycles. The Morgan fingerprint density at radius 2 is 0.850 bits per heavy atom. The molecule has 0 saturated carbocycles. The summed E-state index contributed by atoms with van der Waals surface area (Å²) in [6, 6.07) is 0.168. The van der Waals surface area contributed by atoms with Crippen LogP contribution in [0.2, 0.25) is 0 Å². The lowest BCUT2D eigenvalue weighted by atomic mass is 10.1. The van der Waals surface area contributed by atoms with Gasteiger partial charge in [-0.3, -0.25) is 38.4 Å². The van der Waals surface area contributed by atoms with Gasteiger partial charge in [-0.25, -0.2) is 0 Å². The molecule has 4 aliphatic rings. The number of hydrogen-bond donors (Lipinski definition) is 0. The molecule has 4 aliphatic heterocycles. The van der Waals surface area contributed by atoms with Crippen LogP contribution in [0.3, 0.4) is 0 Å². The van der Waals surface area contributed by atoms with E-state index >= 15 is 0 Å². The zero-order valence-corrected chi connectivity index (χ0v) is 38.9. The summed E-state index contributed by atoms with van der Waals surface area (Å²) in [5, 5.41) is 0. The Balaban J connectivity index is 0.000000770. The van der Waals surface area contributed by atoms with Gasteiger partial charge in [0.25, 0.3) is 0 Å². The maximum Gasteiger partial charge on any atom is 0.311 e. The maximum atomic E-state index is 11.6. The van der Waals surface area contributed by atoms with Gasteiger partial charge in [-0.2, -0.15) is 13.5 Å². The SMILES string of the molecule is CCCCN1CC(C(=O)OC)CC1=O.CCCCN1CC(C(=O)OCC)CC1=O.CCCCN1C[C@@H](C(=O)OC)CC1=O.CCCCOC(=O)C1CC(=O)N(C(C)C)C1.S. The van der Waals surface area contributed by atoms with Crippen LogP contribution < -0.4 is 0 Å². The second kappa shape index (κ2) is 31.0. The Morgan fingerprint density at radius 1 is 0.517 bits per heavy atom. The highest BCUT2D eigenvalue weighted by molar-refractivity contribution is 7.59. The number of amides is 4. The van der Waals surface area contributed by atoms with Crippen molar-refractivity contribution in [2.75, 3.05) is 73.2 Å². The molecular weight excluding hydrogens is 797 g/mol. The van der Waals surface area contributed by atoms with Crippen molar-refractivity contribution < 1.29 is 57.3 Å². The van der Waals surface area contributed by atoms with E-state index in [0.717, 1.165) is 71.0 Å². The minimum absolute atomic E-state index is 0. The van der Waals surface area contributed by atoms with Crippen LogP contribution in [0, 0.1) is 23.7 Å². The topological polar surface area (TPSA) is 186 Å². The Bertz CT molecular complexity index is 1320. The summed E-state index contributed by atoms with van der Waals surface area (Å²) in [6.07, 6.45) is 9.35. The number of esters is 4. The number of carbonyl (C=O) groups is 8. The lowest BCUT2D eigenvalue weighted by Gasteiger charge is -2.20. The third-order valence-electron chi connectivity index (χ3n) is 10.5. The summed E-state index contributed by atoms with van der Waals surface area (Å²) in [5.41, 5.74) is 0.